The van der Waals surface area contributed by atoms with Crippen LogP contribution in [0.1, 0.15) is 65.7 Å². The number of allylic oxidation sites excluding steroid dienone is 3. The SMILES string of the molecule is C=C(C)N(/C=C(/CC1CCCC1)C(N)=C(C)CC)C1CC=C(CN=O)O1. The highest BCUT2D eigenvalue weighted by molar-refractivity contribution is 5.33. The van der Waals surface area contributed by atoms with Crippen molar-refractivity contribution in [1.82, 2.24) is 4.90 Å². The predicted molar refractivity (Wildman–Crippen MR) is 107 cm³/mol. The quantitative estimate of drug-likeness (QED) is 0.446. The van der Waals surface area contributed by atoms with Crippen LogP contribution >= 0.6 is 0 Å². The van der Waals surface area contributed by atoms with Crippen LogP contribution in [-0.2, 0) is 4.74 Å². The maximum absolute atomic E-state index is 10.5. The summed E-state index contributed by atoms with van der Waals surface area (Å²) >= 11 is 0. The van der Waals surface area contributed by atoms with E-state index >= 15 is 0 Å². The number of ether oxygens (including phenoxy) is 1. The average molecular weight is 360 g/mol. The van der Waals surface area contributed by atoms with Gasteiger partial charge < -0.3 is 15.4 Å². The van der Waals surface area contributed by atoms with Gasteiger partial charge in [-0.3, -0.25) is 0 Å². The molecule has 0 bridgehead atoms. The van der Waals surface area contributed by atoms with Crippen LogP contribution in [0.2, 0.25) is 0 Å². The monoisotopic (exact) mass is 359 g/mol. The van der Waals surface area contributed by atoms with E-state index in [1.54, 1.807) is 0 Å². The zero-order chi connectivity index (χ0) is 19.1. The van der Waals surface area contributed by atoms with E-state index in [0.717, 1.165) is 24.2 Å². The highest BCUT2D eigenvalue weighted by Gasteiger charge is 2.25. The second-order valence-corrected chi connectivity index (χ2v) is 7.46. The van der Waals surface area contributed by atoms with E-state index in [2.05, 4.69) is 31.8 Å². The molecule has 1 aliphatic heterocycles. The molecular weight excluding hydrogens is 326 g/mol. The van der Waals surface area contributed by atoms with Crippen LogP contribution in [0.5, 0.6) is 0 Å². The van der Waals surface area contributed by atoms with Crippen LogP contribution in [0, 0.1) is 10.8 Å². The van der Waals surface area contributed by atoms with Crippen molar-refractivity contribution >= 4 is 0 Å². The zero-order valence-electron chi connectivity index (χ0n) is 16.5. The highest BCUT2D eigenvalue weighted by atomic mass is 16.5. The third-order valence-corrected chi connectivity index (χ3v) is 5.42. The Labute approximate surface area is 157 Å². The molecule has 1 atom stereocenters. The van der Waals surface area contributed by atoms with Crippen LogP contribution in [0.25, 0.3) is 0 Å². The largest absolute Gasteiger partial charge is 0.472 e. The normalized spacial score (nSPS) is 21.9. The van der Waals surface area contributed by atoms with Gasteiger partial charge in [0.05, 0.1) is 0 Å². The molecule has 1 saturated carbocycles. The molecule has 0 aromatic rings. The molecule has 2 aliphatic rings. The number of hydrogen-bond donors (Lipinski definition) is 1. The molecule has 5 nitrogen and oxygen atoms in total. The van der Waals surface area contributed by atoms with Gasteiger partial charge in [0.1, 0.15) is 12.3 Å². The summed E-state index contributed by atoms with van der Waals surface area (Å²) in [6.45, 7) is 10.4. The Morgan fingerprint density at radius 1 is 1.42 bits per heavy atom. The third-order valence-electron chi connectivity index (χ3n) is 5.42. The molecule has 2 N–H and O–H groups in total. The van der Waals surface area contributed by atoms with Gasteiger partial charge >= 0.3 is 0 Å². The van der Waals surface area contributed by atoms with Crippen molar-refractivity contribution in [3.05, 3.63) is 52.1 Å². The standard InChI is InChI=1S/C21H33N3O2/c1-5-16(4)21(22)18(12-17-8-6-7-9-17)14-24(15(2)3)20-11-10-19(26-20)13-23-25/h10,14,17,20H,2,5-9,11-13,22H2,1,3-4H3/b18-14-,21-16?. The number of rotatable bonds is 9. The van der Waals surface area contributed by atoms with Crippen molar-refractivity contribution < 1.29 is 4.74 Å². The molecule has 0 aromatic carbocycles. The highest BCUT2D eigenvalue weighted by Crippen LogP contribution is 2.33. The summed E-state index contributed by atoms with van der Waals surface area (Å²) in [4.78, 5) is 12.6. The smallest absolute Gasteiger partial charge is 0.179 e. The lowest BCUT2D eigenvalue weighted by Gasteiger charge is -2.29. The van der Waals surface area contributed by atoms with Gasteiger partial charge in [-0.05, 0) is 44.3 Å². The van der Waals surface area contributed by atoms with Gasteiger partial charge in [-0.1, -0.05) is 49.9 Å². The molecule has 1 fully saturated rings. The minimum atomic E-state index is -0.183. The van der Waals surface area contributed by atoms with Gasteiger partial charge in [-0.15, -0.1) is 0 Å². The fourth-order valence-corrected chi connectivity index (χ4v) is 3.67. The number of nitrogens with two attached hydrogens (primary N) is 1. The molecule has 1 aliphatic carbocycles. The molecule has 0 saturated heterocycles. The third kappa shape index (κ3) is 5.23. The Balaban J connectivity index is 2.25. The van der Waals surface area contributed by atoms with E-state index in [9.17, 15) is 4.91 Å². The molecule has 0 radical (unpaired) electrons. The summed E-state index contributed by atoms with van der Waals surface area (Å²) in [5, 5.41) is 2.92. The molecule has 1 unspecified atom stereocenters. The number of nitrogens with zero attached hydrogens (tertiary/aromatic N) is 2. The van der Waals surface area contributed by atoms with E-state index in [0.29, 0.717) is 18.1 Å². The molecule has 144 valence electrons. The molecule has 2 rings (SSSR count). The Bertz CT molecular complexity index is 613. The molecule has 0 spiro atoms. The lowest BCUT2D eigenvalue weighted by molar-refractivity contribution is 0.0448. The summed E-state index contributed by atoms with van der Waals surface area (Å²) in [6, 6.07) is 0. The van der Waals surface area contributed by atoms with E-state index in [1.807, 2.05) is 17.9 Å². The summed E-state index contributed by atoms with van der Waals surface area (Å²) in [5.41, 5.74) is 10.7. The molecular formula is C21H33N3O2. The average Bonchev–Trinajstić information content (AvgIpc) is 3.29. The number of hydrogen-bond acceptors (Lipinski definition) is 5. The van der Waals surface area contributed by atoms with E-state index in [-0.39, 0.29) is 12.8 Å². The maximum Gasteiger partial charge on any atom is 0.179 e. The Kier molecular flexibility index (Phi) is 7.49. The second kappa shape index (κ2) is 9.60. The van der Waals surface area contributed by atoms with E-state index < -0.39 is 0 Å². The van der Waals surface area contributed by atoms with Crippen LogP contribution in [-0.4, -0.2) is 17.7 Å². The van der Waals surface area contributed by atoms with Crippen molar-refractivity contribution in [3.63, 3.8) is 0 Å². The van der Waals surface area contributed by atoms with Crippen LogP contribution in [0.3, 0.4) is 0 Å². The van der Waals surface area contributed by atoms with Crippen molar-refractivity contribution in [2.75, 3.05) is 6.54 Å². The van der Waals surface area contributed by atoms with Gasteiger partial charge in [0.25, 0.3) is 0 Å². The lowest BCUT2D eigenvalue weighted by atomic mass is 9.94. The molecule has 0 amide bonds. The van der Waals surface area contributed by atoms with Gasteiger partial charge in [0.2, 0.25) is 0 Å². The fourth-order valence-electron chi connectivity index (χ4n) is 3.67. The summed E-state index contributed by atoms with van der Waals surface area (Å²) < 4.78 is 5.89. The predicted octanol–water partition coefficient (Wildman–Crippen LogP) is 5.33. The Hall–Kier alpha value is -2.04. The van der Waals surface area contributed by atoms with Gasteiger partial charge in [0, 0.05) is 24.0 Å². The molecule has 1 heterocycles. The number of nitroso groups, excluding NO2 is 1. The van der Waals surface area contributed by atoms with Crippen molar-refractivity contribution in [3.8, 4) is 0 Å². The maximum atomic E-state index is 10.5. The van der Waals surface area contributed by atoms with Gasteiger partial charge in [-0.25, -0.2) is 0 Å². The van der Waals surface area contributed by atoms with Crippen molar-refractivity contribution in [1.29, 1.82) is 0 Å². The van der Waals surface area contributed by atoms with Crippen molar-refractivity contribution in [2.45, 2.75) is 71.9 Å². The first-order valence-electron chi connectivity index (χ1n) is 9.71. The first kappa shape index (κ1) is 20.3. The van der Waals surface area contributed by atoms with E-state index in [4.69, 9.17) is 10.5 Å². The summed E-state index contributed by atoms with van der Waals surface area (Å²) in [7, 11) is 0. The van der Waals surface area contributed by atoms with Crippen LogP contribution < -0.4 is 5.73 Å². The van der Waals surface area contributed by atoms with Crippen LogP contribution in [0.4, 0.5) is 0 Å². The van der Waals surface area contributed by atoms with E-state index in [1.165, 1.54) is 36.8 Å². The Morgan fingerprint density at radius 2 is 2.12 bits per heavy atom. The first-order chi connectivity index (χ1) is 12.5. The van der Waals surface area contributed by atoms with Gasteiger partial charge in [-0.2, -0.15) is 4.91 Å². The lowest BCUT2D eigenvalue weighted by Crippen LogP contribution is -2.30. The zero-order valence-corrected chi connectivity index (χ0v) is 16.5. The van der Waals surface area contributed by atoms with Gasteiger partial charge in [0.15, 0.2) is 6.23 Å². The summed E-state index contributed by atoms with van der Waals surface area (Å²) in [6.07, 6.45) is 11.7. The minimum absolute atomic E-state index is 0.0795. The topological polar surface area (TPSA) is 67.9 Å². The molecule has 5 heteroatoms. The Morgan fingerprint density at radius 3 is 2.69 bits per heavy atom. The second-order valence-electron chi connectivity index (χ2n) is 7.46. The van der Waals surface area contributed by atoms with Crippen molar-refractivity contribution in [2.24, 2.45) is 16.8 Å². The summed E-state index contributed by atoms with van der Waals surface area (Å²) in [5.74, 6) is 1.34. The molecule has 26 heavy (non-hydrogen) atoms. The van der Waals surface area contributed by atoms with Crippen LogP contribution in [0.15, 0.2) is 52.3 Å². The molecule has 0 aromatic heterocycles. The fraction of sp³-hybridized carbons (Fsp3) is 0.619. The minimum Gasteiger partial charge on any atom is -0.472 e. The first-order valence-corrected chi connectivity index (χ1v) is 9.71.